The van der Waals surface area contributed by atoms with Crippen LogP contribution in [0, 0.1) is 0 Å². The molecule has 4 heteroatoms. The van der Waals surface area contributed by atoms with Crippen LogP contribution < -0.4 is 0 Å². The van der Waals surface area contributed by atoms with E-state index < -0.39 is 5.60 Å². The van der Waals surface area contributed by atoms with E-state index >= 15 is 0 Å². The molecule has 5 rings (SSSR count). The fourth-order valence-corrected chi connectivity index (χ4v) is 5.09. The smallest absolute Gasteiger partial charge is 0.0956 e. The number of nitrogens with zero attached hydrogens (tertiary/aromatic N) is 3. The van der Waals surface area contributed by atoms with Crippen molar-refractivity contribution in [1.29, 1.82) is 0 Å². The summed E-state index contributed by atoms with van der Waals surface area (Å²) < 4.78 is 1.87. The lowest BCUT2D eigenvalue weighted by Gasteiger charge is -2.52. The first-order chi connectivity index (χ1) is 13.7. The van der Waals surface area contributed by atoms with Gasteiger partial charge in [-0.2, -0.15) is 5.10 Å². The monoisotopic (exact) mass is 373 g/mol. The molecule has 3 heterocycles. The first-order valence-corrected chi connectivity index (χ1v) is 10.3. The summed E-state index contributed by atoms with van der Waals surface area (Å²) in [7, 11) is 0. The van der Waals surface area contributed by atoms with E-state index in [1.165, 1.54) is 24.8 Å². The van der Waals surface area contributed by atoms with Crippen molar-refractivity contribution in [3.05, 3.63) is 84.2 Å². The number of para-hydroxylation sites is 1. The Morgan fingerprint density at radius 3 is 2.25 bits per heavy atom. The molecule has 2 aliphatic heterocycles. The summed E-state index contributed by atoms with van der Waals surface area (Å²) in [5.41, 5.74) is 2.56. The lowest BCUT2D eigenvalue weighted by Crippen LogP contribution is -2.56. The normalized spacial score (nSPS) is 27.6. The molecule has 2 bridgehead atoms. The van der Waals surface area contributed by atoms with Gasteiger partial charge in [0, 0.05) is 30.4 Å². The summed E-state index contributed by atoms with van der Waals surface area (Å²) >= 11 is 0. The summed E-state index contributed by atoms with van der Waals surface area (Å²) in [6.07, 6.45) is 9.04. The van der Waals surface area contributed by atoms with Crippen LogP contribution in [0.3, 0.4) is 0 Å². The molecule has 2 atom stereocenters. The standard InChI is InChI=1S/C24H27N3O/c28-24(20-16-25-27(18-20)21-10-5-2-6-11-21)14-22-12-7-13-23(15-24)26(22)17-19-8-3-1-4-9-19/h1-6,8-11,16,18,22-23,28H,7,12-15,17H2. The number of benzene rings is 2. The third-order valence-corrected chi connectivity index (χ3v) is 6.51. The zero-order valence-electron chi connectivity index (χ0n) is 16.1. The minimum atomic E-state index is -0.782. The van der Waals surface area contributed by atoms with E-state index in [2.05, 4.69) is 40.3 Å². The van der Waals surface area contributed by atoms with Crippen LogP contribution in [-0.2, 0) is 12.1 Å². The summed E-state index contributed by atoms with van der Waals surface area (Å²) in [6, 6.07) is 21.7. The average molecular weight is 374 g/mol. The van der Waals surface area contributed by atoms with E-state index in [-0.39, 0.29) is 0 Å². The Hall–Kier alpha value is -2.43. The molecule has 2 saturated heterocycles. The molecular weight excluding hydrogens is 346 g/mol. The van der Waals surface area contributed by atoms with Crippen molar-refractivity contribution < 1.29 is 5.11 Å². The SMILES string of the molecule is OC1(c2cnn(-c3ccccc3)c2)CC2CCCC(C1)N2Cc1ccccc1. The highest BCUT2D eigenvalue weighted by Gasteiger charge is 2.46. The number of aromatic nitrogens is 2. The zero-order valence-corrected chi connectivity index (χ0v) is 16.1. The van der Waals surface area contributed by atoms with E-state index in [0.717, 1.165) is 30.6 Å². The number of hydrogen-bond acceptors (Lipinski definition) is 3. The van der Waals surface area contributed by atoms with Crippen LogP contribution in [0.2, 0.25) is 0 Å². The van der Waals surface area contributed by atoms with Crippen LogP contribution in [0.5, 0.6) is 0 Å². The summed E-state index contributed by atoms with van der Waals surface area (Å²) in [5.74, 6) is 0. The number of piperidine rings is 2. The molecule has 1 aromatic heterocycles. The fourth-order valence-electron chi connectivity index (χ4n) is 5.09. The van der Waals surface area contributed by atoms with Crippen LogP contribution in [-0.4, -0.2) is 31.9 Å². The van der Waals surface area contributed by atoms with Crippen molar-refractivity contribution >= 4 is 0 Å². The maximum Gasteiger partial charge on any atom is 0.0956 e. The van der Waals surface area contributed by atoms with Gasteiger partial charge in [-0.15, -0.1) is 0 Å². The van der Waals surface area contributed by atoms with Crippen LogP contribution in [0.15, 0.2) is 73.1 Å². The largest absolute Gasteiger partial charge is 0.385 e. The van der Waals surface area contributed by atoms with Gasteiger partial charge in [0.25, 0.3) is 0 Å². The van der Waals surface area contributed by atoms with Crippen LogP contribution >= 0.6 is 0 Å². The van der Waals surface area contributed by atoms with Gasteiger partial charge < -0.3 is 5.11 Å². The van der Waals surface area contributed by atoms with Gasteiger partial charge in [0.05, 0.1) is 17.5 Å². The van der Waals surface area contributed by atoms with Crippen molar-refractivity contribution in [2.24, 2.45) is 0 Å². The molecule has 0 saturated carbocycles. The van der Waals surface area contributed by atoms with Gasteiger partial charge in [-0.25, -0.2) is 4.68 Å². The molecule has 1 N–H and O–H groups in total. The zero-order chi connectivity index (χ0) is 19.0. The Kier molecular flexibility index (Phi) is 4.53. The molecule has 2 aromatic carbocycles. The first-order valence-electron chi connectivity index (χ1n) is 10.3. The molecule has 4 nitrogen and oxygen atoms in total. The van der Waals surface area contributed by atoms with Gasteiger partial charge in [-0.1, -0.05) is 55.0 Å². The maximum atomic E-state index is 11.6. The van der Waals surface area contributed by atoms with E-state index in [4.69, 9.17) is 0 Å². The van der Waals surface area contributed by atoms with Crippen molar-refractivity contribution in [1.82, 2.24) is 14.7 Å². The third-order valence-electron chi connectivity index (χ3n) is 6.51. The van der Waals surface area contributed by atoms with Gasteiger partial charge in [0.2, 0.25) is 0 Å². The molecule has 28 heavy (non-hydrogen) atoms. The molecule has 2 fully saturated rings. The number of aliphatic hydroxyl groups is 1. The molecule has 0 amide bonds. The molecule has 0 radical (unpaired) electrons. The Morgan fingerprint density at radius 2 is 1.57 bits per heavy atom. The number of hydrogen-bond donors (Lipinski definition) is 1. The topological polar surface area (TPSA) is 41.3 Å². The minimum Gasteiger partial charge on any atom is -0.385 e. The Balaban J connectivity index is 1.38. The van der Waals surface area contributed by atoms with Gasteiger partial charge in [0.15, 0.2) is 0 Å². The van der Waals surface area contributed by atoms with E-state index in [1.54, 1.807) is 0 Å². The Labute approximate surface area is 166 Å². The highest BCUT2D eigenvalue weighted by Crippen LogP contribution is 2.44. The summed E-state index contributed by atoms with van der Waals surface area (Å²) in [4.78, 5) is 2.63. The van der Waals surface area contributed by atoms with Gasteiger partial charge in [0.1, 0.15) is 0 Å². The summed E-state index contributed by atoms with van der Waals surface area (Å²) in [5, 5.41) is 16.1. The lowest BCUT2D eigenvalue weighted by atomic mass is 9.73. The second-order valence-electron chi connectivity index (χ2n) is 8.35. The molecular formula is C24H27N3O. The highest BCUT2D eigenvalue weighted by atomic mass is 16.3. The predicted molar refractivity (Wildman–Crippen MR) is 110 cm³/mol. The quantitative estimate of drug-likeness (QED) is 0.742. The first kappa shape index (κ1) is 17.7. The van der Waals surface area contributed by atoms with Gasteiger partial charge in [-0.3, -0.25) is 4.90 Å². The third kappa shape index (κ3) is 3.27. The van der Waals surface area contributed by atoms with Crippen LogP contribution in [0.1, 0.15) is 43.2 Å². The summed E-state index contributed by atoms with van der Waals surface area (Å²) in [6.45, 7) is 0.982. The second kappa shape index (κ2) is 7.19. The van der Waals surface area contributed by atoms with Crippen molar-refractivity contribution in [2.45, 2.75) is 56.3 Å². The van der Waals surface area contributed by atoms with E-state index in [1.807, 2.05) is 47.4 Å². The molecule has 0 spiro atoms. The van der Waals surface area contributed by atoms with Crippen molar-refractivity contribution in [3.63, 3.8) is 0 Å². The minimum absolute atomic E-state index is 0.429. The Morgan fingerprint density at radius 1 is 0.929 bits per heavy atom. The average Bonchev–Trinajstić information content (AvgIpc) is 3.22. The fraction of sp³-hybridized carbons (Fsp3) is 0.375. The van der Waals surface area contributed by atoms with Crippen LogP contribution in [0.25, 0.3) is 5.69 Å². The molecule has 144 valence electrons. The lowest BCUT2D eigenvalue weighted by molar-refractivity contribution is -0.0999. The molecule has 3 aromatic rings. The van der Waals surface area contributed by atoms with Gasteiger partial charge >= 0.3 is 0 Å². The molecule has 2 aliphatic rings. The number of rotatable bonds is 4. The van der Waals surface area contributed by atoms with Crippen molar-refractivity contribution in [2.75, 3.05) is 0 Å². The molecule has 0 aliphatic carbocycles. The highest BCUT2D eigenvalue weighted by molar-refractivity contribution is 5.32. The van der Waals surface area contributed by atoms with Crippen LogP contribution in [0.4, 0.5) is 0 Å². The van der Waals surface area contributed by atoms with E-state index in [0.29, 0.717) is 12.1 Å². The maximum absolute atomic E-state index is 11.6. The number of fused-ring (bicyclic) bond motifs is 2. The second-order valence-corrected chi connectivity index (χ2v) is 8.35. The van der Waals surface area contributed by atoms with Gasteiger partial charge in [-0.05, 0) is 43.4 Å². The predicted octanol–water partition coefficient (Wildman–Crippen LogP) is 4.28. The van der Waals surface area contributed by atoms with Crippen molar-refractivity contribution in [3.8, 4) is 5.69 Å². The van der Waals surface area contributed by atoms with E-state index in [9.17, 15) is 5.11 Å². The Bertz CT molecular complexity index is 907. The molecule has 2 unspecified atom stereocenters.